The van der Waals surface area contributed by atoms with Crippen molar-refractivity contribution in [3.8, 4) is 0 Å². The summed E-state index contributed by atoms with van der Waals surface area (Å²) < 4.78 is 0. The Bertz CT molecular complexity index is 270. The molecule has 1 aromatic rings. The minimum absolute atomic E-state index is 0.507. The molecule has 0 aliphatic rings. The molecule has 1 rings (SSSR count). The topological polar surface area (TPSA) is 24.9 Å². The van der Waals surface area contributed by atoms with Crippen molar-refractivity contribution >= 4 is 11.3 Å². The lowest BCUT2D eigenvalue weighted by atomic mass is 10.1. The van der Waals surface area contributed by atoms with Crippen LogP contribution in [0.4, 0.5) is 0 Å². The van der Waals surface area contributed by atoms with Gasteiger partial charge in [-0.1, -0.05) is 32.6 Å². The molecule has 0 radical (unpaired) electrons. The number of hydrogen-bond donors (Lipinski definition) is 1. The SMILES string of the molecule is CCCCCCC(NC)c1cnc(C)s1. The molecule has 0 aromatic carbocycles. The Kier molecular flexibility index (Phi) is 5.88. The van der Waals surface area contributed by atoms with Gasteiger partial charge in [0.1, 0.15) is 0 Å². The number of aromatic nitrogens is 1. The van der Waals surface area contributed by atoms with E-state index in [9.17, 15) is 0 Å². The van der Waals surface area contributed by atoms with Gasteiger partial charge in [0.25, 0.3) is 0 Å². The molecule has 0 aliphatic heterocycles. The Morgan fingerprint density at radius 1 is 1.40 bits per heavy atom. The zero-order valence-corrected chi connectivity index (χ0v) is 10.9. The zero-order valence-electron chi connectivity index (χ0n) is 10.0. The van der Waals surface area contributed by atoms with Gasteiger partial charge in [-0.15, -0.1) is 11.3 Å². The maximum atomic E-state index is 4.31. The Labute approximate surface area is 97.1 Å². The Balaban J connectivity index is 2.35. The van der Waals surface area contributed by atoms with Gasteiger partial charge in [-0.3, -0.25) is 0 Å². The predicted molar refractivity (Wildman–Crippen MR) is 67.4 cm³/mol. The lowest BCUT2D eigenvalue weighted by molar-refractivity contribution is 0.511. The van der Waals surface area contributed by atoms with Crippen LogP contribution in [0.1, 0.15) is 55.0 Å². The molecule has 0 aliphatic carbocycles. The van der Waals surface area contributed by atoms with Gasteiger partial charge in [-0.05, 0) is 20.4 Å². The van der Waals surface area contributed by atoms with Gasteiger partial charge < -0.3 is 5.32 Å². The fraction of sp³-hybridized carbons (Fsp3) is 0.750. The average molecular weight is 226 g/mol. The zero-order chi connectivity index (χ0) is 11.1. The van der Waals surface area contributed by atoms with Gasteiger partial charge in [0.2, 0.25) is 0 Å². The van der Waals surface area contributed by atoms with E-state index < -0.39 is 0 Å². The summed E-state index contributed by atoms with van der Waals surface area (Å²) in [7, 11) is 2.04. The maximum absolute atomic E-state index is 4.31. The molecule has 1 N–H and O–H groups in total. The molecule has 86 valence electrons. The predicted octanol–water partition coefficient (Wildman–Crippen LogP) is 3.68. The molecule has 0 spiro atoms. The highest BCUT2D eigenvalue weighted by Gasteiger charge is 2.11. The fourth-order valence-electron chi connectivity index (χ4n) is 1.74. The first-order valence-electron chi connectivity index (χ1n) is 5.87. The first-order chi connectivity index (χ1) is 7.27. The molecular weight excluding hydrogens is 204 g/mol. The van der Waals surface area contributed by atoms with E-state index in [-0.39, 0.29) is 0 Å². The molecule has 0 saturated heterocycles. The summed E-state index contributed by atoms with van der Waals surface area (Å²) >= 11 is 1.81. The van der Waals surface area contributed by atoms with Crippen molar-refractivity contribution in [2.24, 2.45) is 0 Å². The monoisotopic (exact) mass is 226 g/mol. The lowest BCUT2D eigenvalue weighted by Crippen LogP contribution is -2.14. The van der Waals surface area contributed by atoms with E-state index in [2.05, 4.69) is 24.1 Å². The van der Waals surface area contributed by atoms with Crippen molar-refractivity contribution in [3.63, 3.8) is 0 Å². The summed E-state index contributed by atoms with van der Waals surface area (Å²) in [4.78, 5) is 5.69. The second-order valence-electron chi connectivity index (χ2n) is 3.97. The molecule has 0 bridgehead atoms. The van der Waals surface area contributed by atoms with Crippen LogP contribution in [0.5, 0.6) is 0 Å². The maximum Gasteiger partial charge on any atom is 0.0897 e. The van der Waals surface area contributed by atoms with Crippen molar-refractivity contribution in [2.45, 2.75) is 52.0 Å². The molecule has 2 nitrogen and oxygen atoms in total. The summed E-state index contributed by atoms with van der Waals surface area (Å²) in [5.41, 5.74) is 0. The largest absolute Gasteiger partial charge is 0.312 e. The summed E-state index contributed by atoms with van der Waals surface area (Å²) in [6.45, 7) is 4.32. The average Bonchev–Trinajstić information content (AvgIpc) is 2.65. The lowest BCUT2D eigenvalue weighted by Gasteiger charge is -2.13. The second kappa shape index (κ2) is 6.96. The van der Waals surface area contributed by atoms with Crippen molar-refractivity contribution in [2.75, 3.05) is 7.05 Å². The second-order valence-corrected chi connectivity index (χ2v) is 5.24. The molecule has 1 aromatic heterocycles. The van der Waals surface area contributed by atoms with Crippen LogP contribution in [0.2, 0.25) is 0 Å². The van der Waals surface area contributed by atoms with Crippen molar-refractivity contribution in [1.29, 1.82) is 0 Å². The number of aryl methyl sites for hydroxylation is 1. The standard InChI is InChI=1S/C12H22N2S/c1-4-5-6-7-8-11(13-3)12-9-14-10(2)15-12/h9,11,13H,4-8H2,1-3H3. The van der Waals surface area contributed by atoms with Crippen LogP contribution < -0.4 is 5.32 Å². The Morgan fingerprint density at radius 3 is 2.73 bits per heavy atom. The smallest absolute Gasteiger partial charge is 0.0897 e. The molecule has 0 amide bonds. The number of nitrogens with one attached hydrogen (secondary N) is 1. The van der Waals surface area contributed by atoms with E-state index in [0.717, 1.165) is 0 Å². The molecule has 0 saturated carbocycles. The number of thiazole rings is 1. The molecule has 0 fully saturated rings. The third kappa shape index (κ3) is 4.31. The third-order valence-electron chi connectivity index (χ3n) is 2.68. The van der Waals surface area contributed by atoms with Gasteiger partial charge >= 0.3 is 0 Å². The van der Waals surface area contributed by atoms with Crippen molar-refractivity contribution in [1.82, 2.24) is 10.3 Å². The van der Waals surface area contributed by atoms with E-state index in [1.54, 1.807) is 0 Å². The highest BCUT2D eigenvalue weighted by molar-refractivity contribution is 7.11. The van der Waals surface area contributed by atoms with Crippen molar-refractivity contribution < 1.29 is 0 Å². The van der Waals surface area contributed by atoms with Crippen LogP contribution in [-0.2, 0) is 0 Å². The summed E-state index contributed by atoms with van der Waals surface area (Å²) in [5.74, 6) is 0. The van der Waals surface area contributed by atoms with E-state index >= 15 is 0 Å². The highest BCUT2D eigenvalue weighted by atomic mass is 32.1. The van der Waals surface area contributed by atoms with Gasteiger partial charge in [-0.25, -0.2) is 4.98 Å². The normalized spacial score (nSPS) is 13.0. The number of rotatable bonds is 7. The third-order valence-corrected chi connectivity index (χ3v) is 3.70. The molecule has 1 unspecified atom stereocenters. The minimum Gasteiger partial charge on any atom is -0.312 e. The van der Waals surface area contributed by atoms with Crippen LogP contribution in [0.15, 0.2) is 6.20 Å². The molecule has 15 heavy (non-hydrogen) atoms. The van der Waals surface area contributed by atoms with Crippen LogP contribution in [-0.4, -0.2) is 12.0 Å². The van der Waals surface area contributed by atoms with Gasteiger partial charge in [0.15, 0.2) is 0 Å². The number of unbranched alkanes of at least 4 members (excludes halogenated alkanes) is 3. The Morgan fingerprint density at radius 2 is 2.20 bits per heavy atom. The van der Waals surface area contributed by atoms with E-state index in [1.807, 2.05) is 24.6 Å². The van der Waals surface area contributed by atoms with Crippen molar-refractivity contribution in [3.05, 3.63) is 16.1 Å². The summed E-state index contributed by atoms with van der Waals surface area (Å²) in [6.07, 6.45) is 8.59. The van der Waals surface area contributed by atoms with E-state index in [0.29, 0.717) is 6.04 Å². The van der Waals surface area contributed by atoms with Gasteiger partial charge in [0, 0.05) is 17.1 Å². The van der Waals surface area contributed by atoms with E-state index in [4.69, 9.17) is 0 Å². The van der Waals surface area contributed by atoms with Crippen LogP contribution in [0.3, 0.4) is 0 Å². The summed E-state index contributed by atoms with van der Waals surface area (Å²) in [6, 6.07) is 0.507. The summed E-state index contributed by atoms with van der Waals surface area (Å²) in [5, 5.41) is 4.54. The minimum atomic E-state index is 0.507. The first kappa shape index (κ1) is 12.7. The fourth-order valence-corrected chi connectivity index (χ4v) is 2.67. The molecule has 1 heterocycles. The van der Waals surface area contributed by atoms with Crippen LogP contribution in [0.25, 0.3) is 0 Å². The first-order valence-corrected chi connectivity index (χ1v) is 6.69. The van der Waals surface area contributed by atoms with Crippen LogP contribution in [0, 0.1) is 6.92 Å². The molecule has 1 atom stereocenters. The van der Waals surface area contributed by atoms with Crippen LogP contribution >= 0.6 is 11.3 Å². The quantitative estimate of drug-likeness (QED) is 0.717. The molecule has 3 heteroatoms. The van der Waals surface area contributed by atoms with E-state index in [1.165, 1.54) is 42.0 Å². The highest BCUT2D eigenvalue weighted by Crippen LogP contribution is 2.24. The van der Waals surface area contributed by atoms with Gasteiger partial charge in [0.05, 0.1) is 5.01 Å². The molecular formula is C12H22N2S. The van der Waals surface area contributed by atoms with Gasteiger partial charge in [-0.2, -0.15) is 0 Å². The Hall–Kier alpha value is -0.410. The number of hydrogen-bond acceptors (Lipinski definition) is 3. The number of nitrogens with zero attached hydrogens (tertiary/aromatic N) is 1.